The van der Waals surface area contributed by atoms with E-state index in [9.17, 15) is 14.4 Å². The van der Waals surface area contributed by atoms with Crippen LogP contribution in [0, 0.1) is 13.8 Å². The van der Waals surface area contributed by atoms with E-state index in [1.807, 2.05) is 41.8 Å². The van der Waals surface area contributed by atoms with E-state index in [0.29, 0.717) is 11.4 Å². The van der Waals surface area contributed by atoms with Crippen molar-refractivity contribution in [1.29, 1.82) is 0 Å². The fraction of sp³-hybridized carbons (Fsp3) is 0.238. The van der Waals surface area contributed by atoms with Gasteiger partial charge in [-0.05, 0) is 37.4 Å². The van der Waals surface area contributed by atoms with Crippen molar-refractivity contribution in [2.24, 2.45) is 0 Å². The van der Waals surface area contributed by atoms with Gasteiger partial charge in [-0.2, -0.15) is 5.10 Å². The van der Waals surface area contributed by atoms with Crippen molar-refractivity contribution in [3.63, 3.8) is 0 Å². The number of nitrogens with zero attached hydrogens (tertiary/aromatic N) is 2. The Morgan fingerprint density at radius 2 is 1.86 bits per heavy atom. The second-order valence-electron chi connectivity index (χ2n) is 6.44. The van der Waals surface area contributed by atoms with Gasteiger partial charge < -0.3 is 10.1 Å². The molecule has 0 aliphatic rings. The number of methoxy groups -OCH3 is 1. The van der Waals surface area contributed by atoms with Crippen LogP contribution in [0.3, 0.4) is 0 Å². The molecule has 29 heavy (non-hydrogen) atoms. The molecule has 0 fully saturated rings. The number of aryl methyl sites for hydroxylation is 1. The Labute approximate surface area is 172 Å². The molecule has 3 aromatic rings. The molecule has 0 aliphatic heterocycles. The molecule has 1 aromatic carbocycles. The molecule has 2 heterocycles. The van der Waals surface area contributed by atoms with E-state index in [1.54, 1.807) is 24.6 Å². The van der Waals surface area contributed by atoms with Crippen LogP contribution in [0.15, 0.2) is 47.8 Å². The standard InChI is InChI=1S/C21H21N3O4S/c1-13-19(14(2)24(23-13)15-8-5-4-6-9-15)20(26)21(27)22-16(12-18(25)28-3)17-10-7-11-29-17/h4-11,16H,12H2,1-3H3,(H,22,27). The first-order chi connectivity index (χ1) is 13.9. The number of ether oxygens (including phenoxy) is 1. The summed E-state index contributed by atoms with van der Waals surface area (Å²) in [5.74, 6) is -1.94. The number of ketones is 1. The summed E-state index contributed by atoms with van der Waals surface area (Å²) in [6.07, 6.45) is -0.0583. The minimum absolute atomic E-state index is 0.0583. The molecule has 1 N–H and O–H groups in total. The number of rotatable bonds is 7. The third-order valence-corrected chi connectivity index (χ3v) is 5.50. The van der Waals surface area contributed by atoms with Crippen LogP contribution in [0.2, 0.25) is 0 Å². The molecule has 8 heteroatoms. The molecule has 7 nitrogen and oxygen atoms in total. The van der Waals surface area contributed by atoms with Crippen LogP contribution in [-0.4, -0.2) is 34.6 Å². The second kappa shape index (κ2) is 8.83. The zero-order valence-corrected chi connectivity index (χ0v) is 17.2. The van der Waals surface area contributed by atoms with Gasteiger partial charge in [0, 0.05) is 4.88 Å². The lowest BCUT2D eigenvalue weighted by molar-refractivity contribution is -0.141. The quantitative estimate of drug-likeness (QED) is 0.366. The Morgan fingerprint density at radius 3 is 2.48 bits per heavy atom. The molecule has 0 bridgehead atoms. The van der Waals surface area contributed by atoms with Crippen LogP contribution in [-0.2, 0) is 14.3 Å². The molecule has 1 amide bonds. The van der Waals surface area contributed by atoms with Crippen LogP contribution in [0.25, 0.3) is 5.69 Å². The summed E-state index contributed by atoms with van der Waals surface area (Å²) in [6.45, 7) is 3.44. The first-order valence-electron chi connectivity index (χ1n) is 8.99. The summed E-state index contributed by atoms with van der Waals surface area (Å²) in [5, 5.41) is 8.93. The van der Waals surface area contributed by atoms with Crippen LogP contribution in [0.5, 0.6) is 0 Å². The molecular weight excluding hydrogens is 390 g/mol. The zero-order valence-electron chi connectivity index (χ0n) is 16.3. The normalized spacial score (nSPS) is 11.7. The van der Waals surface area contributed by atoms with Crippen molar-refractivity contribution in [2.75, 3.05) is 7.11 Å². The smallest absolute Gasteiger partial charge is 0.307 e. The van der Waals surface area contributed by atoms with Crippen LogP contribution in [0.1, 0.15) is 39.1 Å². The van der Waals surface area contributed by atoms with E-state index in [2.05, 4.69) is 10.4 Å². The highest BCUT2D eigenvalue weighted by molar-refractivity contribution is 7.10. The average Bonchev–Trinajstić information content (AvgIpc) is 3.35. The number of hydrogen-bond acceptors (Lipinski definition) is 6. The predicted molar refractivity (Wildman–Crippen MR) is 109 cm³/mol. The Bertz CT molecular complexity index is 1030. The molecule has 0 saturated carbocycles. The van der Waals surface area contributed by atoms with Gasteiger partial charge in [-0.25, -0.2) is 4.68 Å². The highest BCUT2D eigenvalue weighted by Crippen LogP contribution is 2.24. The summed E-state index contributed by atoms with van der Waals surface area (Å²) in [5.41, 5.74) is 2.10. The van der Waals surface area contributed by atoms with Gasteiger partial charge in [0.2, 0.25) is 0 Å². The number of Topliss-reactive ketones (excluding diaryl/α,β-unsaturated/α-hetero) is 1. The number of benzene rings is 1. The van der Waals surface area contributed by atoms with Crippen molar-refractivity contribution < 1.29 is 19.1 Å². The molecular formula is C21H21N3O4S. The number of esters is 1. The van der Waals surface area contributed by atoms with Gasteiger partial charge >= 0.3 is 5.97 Å². The van der Waals surface area contributed by atoms with Gasteiger partial charge in [0.05, 0.1) is 42.2 Å². The Morgan fingerprint density at radius 1 is 1.14 bits per heavy atom. The minimum atomic E-state index is -0.786. The van der Waals surface area contributed by atoms with E-state index in [-0.39, 0.29) is 12.0 Å². The van der Waals surface area contributed by atoms with Crippen molar-refractivity contribution in [2.45, 2.75) is 26.3 Å². The highest BCUT2D eigenvalue weighted by Gasteiger charge is 2.28. The lowest BCUT2D eigenvalue weighted by Crippen LogP contribution is -2.35. The van der Waals surface area contributed by atoms with Crippen LogP contribution in [0.4, 0.5) is 0 Å². The van der Waals surface area contributed by atoms with E-state index >= 15 is 0 Å². The molecule has 1 atom stereocenters. The first-order valence-corrected chi connectivity index (χ1v) is 9.87. The highest BCUT2D eigenvalue weighted by atomic mass is 32.1. The Kier molecular flexibility index (Phi) is 6.23. The summed E-state index contributed by atoms with van der Waals surface area (Å²) in [4.78, 5) is 38.1. The molecule has 1 unspecified atom stereocenters. The summed E-state index contributed by atoms with van der Waals surface area (Å²) in [7, 11) is 1.28. The maximum absolute atomic E-state index is 12.9. The van der Waals surface area contributed by atoms with Gasteiger partial charge in [0.25, 0.3) is 11.7 Å². The number of carbonyl (C=O) groups excluding carboxylic acids is 3. The fourth-order valence-corrected chi connectivity index (χ4v) is 3.87. The number of hydrogen-bond donors (Lipinski definition) is 1. The summed E-state index contributed by atoms with van der Waals surface area (Å²) >= 11 is 1.39. The summed E-state index contributed by atoms with van der Waals surface area (Å²) < 4.78 is 6.35. The number of carbonyl (C=O) groups is 3. The largest absolute Gasteiger partial charge is 0.469 e. The molecule has 150 valence electrons. The van der Waals surface area contributed by atoms with E-state index in [4.69, 9.17) is 4.74 Å². The van der Waals surface area contributed by atoms with Crippen molar-refractivity contribution in [1.82, 2.24) is 15.1 Å². The lowest BCUT2D eigenvalue weighted by atomic mass is 10.1. The van der Waals surface area contributed by atoms with Gasteiger partial charge in [0.15, 0.2) is 0 Å². The lowest BCUT2D eigenvalue weighted by Gasteiger charge is -2.16. The van der Waals surface area contributed by atoms with Gasteiger partial charge in [0.1, 0.15) is 0 Å². The van der Waals surface area contributed by atoms with Crippen LogP contribution < -0.4 is 5.32 Å². The Balaban J connectivity index is 1.85. The van der Waals surface area contributed by atoms with E-state index in [0.717, 1.165) is 10.6 Å². The average molecular weight is 411 g/mol. The van der Waals surface area contributed by atoms with E-state index in [1.165, 1.54) is 18.4 Å². The zero-order chi connectivity index (χ0) is 21.0. The van der Waals surface area contributed by atoms with Crippen molar-refractivity contribution in [3.05, 3.63) is 69.7 Å². The maximum atomic E-state index is 12.9. The molecule has 0 radical (unpaired) electrons. The van der Waals surface area contributed by atoms with Gasteiger partial charge in [-0.1, -0.05) is 24.3 Å². The fourth-order valence-electron chi connectivity index (χ4n) is 3.09. The maximum Gasteiger partial charge on any atom is 0.307 e. The van der Waals surface area contributed by atoms with Crippen LogP contribution >= 0.6 is 11.3 Å². The van der Waals surface area contributed by atoms with E-state index < -0.39 is 23.7 Å². The SMILES string of the molecule is COC(=O)CC(NC(=O)C(=O)c1c(C)nn(-c2ccccc2)c1C)c1cccs1. The predicted octanol–water partition coefficient (Wildman–Crippen LogP) is 3.15. The Hall–Kier alpha value is -3.26. The first kappa shape index (κ1) is 20.5. The van der Waals surface area contributed by atoms with Crippen molar-refractivity contribution in [3.8, 4) is 5.69 Å². The topological polar surface area (TPSA) is 90.3 Å². The number of aromatic nitrogens is 2. The molecule has 0 spiro atoms. The third-order valence-electron chi connectivity index (χ3n) is 4.52. The summed E-state index contributed by atoms with van der Waals surface area (Å²) in [6, 6.07) is 12.4. The minimum Gasteiger partial charge on any atom is -0.469 e. The number of amides is 1. The van der Waals surface area contributed by atoms with Gasteiger partial charge in [-0.3, -0.25) is 14.4 Å². The molecule has 2 aromatic heterocycles. The number of para-hydroxylation sites is 1. The van der Waals surface area contributed by atoms with Crippen molar-refractivity contribution >= 4 is 29.0 Å². The number of thiophene rings is 1. The monoisotopic (exact) mass is 411 g/mol. The second-order valence-corrected chi connectivity index (χ2v) is 7.42. The molecule has 3 rings (SSSR count). The molecule has 0 saturated heterocycles. The number of nitrogens with one attached hydrogen (secondary N) is 1. The molecule has 0 aliphatic carbocycles. The third kappa shape index (κ3) is 4.43. The van der Waals surface area contributed by atoms with Gasteiger partial charge in [-0.15, -0.1) is 11.3 Å².